The normalized spacial score (nSPS) is 10.3. The van der Waals surface area contributed by atoms with Crippen LogP contribution in [0.4, 0.5) is 5.69 Å². The Kier molecular flexibility index (Phi) is 3.27. The van der Waals surface area contributed by atoms with Crippen LogP contribution in [0.15, 0.2) is 24.3 Å². The highest BCUT2D eigenvalue weighted by molar-refractivity contribution is 5.94. The van der Waals surface area contributed by atoms with Gasteiger partial charge in [-0.15, -0.1) is 0 Å². The van der Waals surface area contributed by atoms with Crippen molar-refractivity contribution >= 4 is 11.6 Å². The second-order valence-electron chi connectivity index (χ2n) is 4.12. The molecule has 94 valence electrons. The Bertz CT molecular complexity index is 546. The summed E-state index contributed by atoms with van der Waals surface area (Å²) in [6.07, 6.45) is 0. The minimum absolute atomic E-state index is 0.0857. The standard InChI is InChI=1S/C12H15N5O/c1-8-14-11(16-15-8)7-17(2)12(18)9-3-5-10(13)6-4-9/h3-6H,7,13H2,1-2H3,(H,14,15,16). The van der Waals surface area contributed by atoms with Crippen LogP contribution in [0.2, 0.25) is 0 Å². The number of nitrogens with one attached hydrogen (secondary N) is 1. The lowest BCUT2D eigenvalue weighted by Gasteiger charge is -2.15. The Hall–Kier alpha value is -2.37. The highest BCUT2D eigenvalue weighted by Gasteiger charge is 2.13. The molecule has 1 aromatic heterocycles. The van der Waals surface area contributed by atoms with E-state index in [1.165, 1.54) is 0 Å². The van der Waals surface area contributed by atoms with Gasteiger partial charge >= 0.3 is 0 Å². The van der Waals surface area contributed by atoms with Crippen LogP contribution < -0.4 is 5.73 Å². The molecule has 0 spiro atoms. The maximum absolute atomic E-state index is 12.1. The van der Waals surface area contributed by atoms with E-state index in [1.807, 2.05) is 6.92 Å². The molecule has 1 heterocycles. The lowest BCUT2D eigenvalue weighted by Crippen LogP contribution is -2.26. The van der Waals surface area contributed by atoms with Crippen molar-refractivity contribution in [2.45, 2.75) is 13.5 Å². The molecule has 0 fully saturated rings. The van der Waals surface area contributed by atoms with Crippen LogP contribution in [-0.4, -0.2) is 33.0 Å². The van der Waals surface area contributed by atoms with E-state index in [4.69, 9.17) is 5.73 Å². The maximum Gasteiger partial charge on any atom is 0.254 e. The third-order valence-corrected chi connectivity index (χ3v) is 2.53. The number of rotatable bonds is 3. The number of nitrogen functional groups attached to an aromatic ring is 1. The summed E-state index contributed by atoms with van der Waals surface area (Å²) >= 11 is 0. The molecule has 0 saturated carbocycles. The number of nitrogens with zero attached hydrogens (tertiary/aromatic N) is 3. The van der Waals surface area contributed by atoms with Crippen molar-refractivity contribution in [1.29, 1.82) is 0 Å². The number of H-pyrrole nitrogens is 1. The summed E-state index contributed by atoms with van der Waals surface area (Å²) in [5, 5.41) is 6.74. The highest BCUT2D eigenvalue weighted by Crippen LogP contribution is 2.09. The number of aromatic nitrogens is 3. The molecule has 2 rings (SSSR count). The number of hydrogen-bond donors (Lipinski definition) is 2. The summed E-state index contributed by atoms with van der Waals surface area (Å²) in [5.41, 5.74) is 6.81. The molecule has 18 heavy (non-hydrogen) atoms. The first-order valence-electron chi connectivity index (χ1n) is 5.55. The van der Waals surface area contributed by atoms with E-state index in [0.29, 0.717) is 23.6 Å². The lowest BCUT2D eigenvalue weighted by atomic mass is 10.2. The molecule has 3 N–H and O–H groups in total. The number of hydrogen-bond acceptors (Lipinski definition) is 4. The first-order valence-corrected chi connectivity index (χ1v) is 5.55. The lowest BCUT2D eigenvalue weighted by molar-refractivity contribution is 0.0781. The smallest absolute Gasteiger partial charge is 0.254 e. The van der Waals surface area contributed by atoms with Crippen molar-refractivity contribution in [3.05, 3.63) is 41.5 Å². The van der Waals surface area contributed by atoms with Crippen molar-refractivity contribution in [2.75, 3.05) is 12.8 Å². The Labute approximate surface area is 105 Å². The zero-order valence-electron chi connectivity index (χ0n) is 10.3. The van der Waals surface area contributed by atoms with E-state index in [0.717, 1.165) is 5.82 Å². The number of anilines is 1. The maximum atomic E-state index is 12.1. The number of amides is 1. The van der Waals surface area contributed by atoms with Crippen LogP contribution >= 0.6 is 0 Å². The fraction of sp³-hybridized carbons (Fsp3) is 0.250. The number of aryl methyl sites for hydroxylation is 1. The van der Waals surface area contributed by atoms with E-state index < -0.39 is 0 Å². The van der Waals surface area contributed by atoms with E-state index in [2.05, 4.69) is 15.2 Å². The second-order valence-corrected chi connectivity index (χ2v) is 4.12. The summed E-state index contributed by atoms with van der Waals surface area (Å²) in [7, 11) is 1.71. The number of carbonyl (C=O) groups is 1. The van der Waals surface area contributed by atoms with E-state index in [1.54, 1.807) is 36.2 Å². The second kappa shape index (κ2) is 4.87. The fourth-order valence-corrected chi connectivity index (χ4v) is 1.59. The van der Waals surface area contributed by atoms with Crippen molar-refractivity contribution in [3.63, 3.8) is 0 Å². The van der Waals surface area contributed by atoms with Gasteiger partial charge in [-0.2, -0.15) is 5.10 Å². The van der Waals surface area contributed by atoms with Gasteiger partial charge in [-0.05, 0) is 31.2 Å². The molecule has 0 aliphatic heterocycles. The van der Waals surface area contributed by atoms with E-state index in [9.17, 15) is 4.79 Å². The molecule has 0 atom stereocenters. The molecule has 6 heteroatoms. The molecule has 0 saturated heterocycles. The predicted octanol–water partition coefficient (Wildman–Crippen LogP) is 0.968. The number of benzene rings is 1. The summed E-state index contributed by atoms with van der Waals surface area (Å²) < 4.78 is 0. The molecule has 1 amide bonds. The predicted molar refractivity (Wildman–Crippen MR) is 67.8 cm³/mol. The van der Waals surface area contributed by atoms with Gasteiger partial charge in [0.2, 0.25) is 0 Å². The van der Waals surface area contributed by atoms with Crippen LogP contribution in [0, 0.1) is 6.92 Å². The molecule has 6 nitrogen and oxygen atoms in total. The van der Waals surface area contributed by atoms with E-state index >= 15 is 0 Å². The van der Waals surface area contributed by atoms with Gasteiger partial charge in [0.15, 0.2) is 5.82 Å². The highest BCUT2D eigenvalue weighted by atomic mass is 16.2. The molecule has 0 unspecified atom stereocenters. The van der Waals surface area contributed by atoms with Crippen LogP contribution in [0.25, 0.3) is 0 Å². The summed E-state index contributed by atoms with van der Waals surface area (Å²) in [5.74, 6) is 1.24. The summed E-state index contributed by atoms with van der Waals surface area (Å²) in [6.45, 7) is 2.19. The van der Waals surface area contributed by atoms with Crippen molar-refractivity contribution in [1.82, 2.24) is 20.1 Å². The minimum atomic E-state index is -0.0857. The Morgan fingerprint density at radius 3 is 2.61 bits per heavy atom. The van der Waals surface area contributed by atoms with Gasteiger partial charge in [-0.1, -0.05) is 0 Å². The zero-order valence-corrected chi connectivity index (χ0v) is 10.3. The van der Waals surface area contributed by atoms with Crippen molar-refractivity contribution < 1.29 is 4.79 Å². The molecule has 0 aliphatic carbocycles. The average Bonchev–Trinajstić information content (AvgIpc) is 2.75. The fourth-order valence-electron chi connectivity index (χ4n) is 1.59. The Morgan fingerprint density at radius 2 is 2.06 bits per heavy atom. The van der Waals surface area contributed by atoms with E-state index in [-0.39, 0.29) is 5.91 Å². The number of aromatic amines is 1. The number of carbonyl (C=O) groups excluding carboxylic acids is 1. The Balaban J connectivity index is 2.07. The molecule has 1 aromatic carbocycles. The third kappa shape index (κ3) is 2.65. The first kappa shape index (κ1) is 12.1. The summed E-state index contributed by atoms with van der Waals surface area (Å²) in [4.78, 5) is 17.8. The van der Waals surface area contributed by atoms with Crippen molar-refractivity contribution in [3.8, 4) is 0 Å². The largest absolute Gasteiger partial charge is 0.399 e. The topological polar surface area (TPSA) is 87.9 Å². The average molecular weight is 245 g/mol. The molecule has 0 bridgehead atoms. The van der Waals surface area contributed by atoms with Crippen LogP contribution in [-0.2, 0) is 6.54 Å². The molecule has 0 radical (unpaired) electrons. The van der Waals surface area contributed by atoms with Gasteiger partial charge < -0.3 is 10.6 Å². The Morgan fingerprint density at radius 1 is 1.39 bits per heavy atom. The van der Waals surface area contributed by atoms with Crippen molar-refractivity contribution in [2.24, 2.45) is 0 Å². The van der Waals surface area contributed by atoms with Gasteiger partial charge in [-0.3, -0.25) is 9.89 Å². The van der Waals surface area contributed by atoms with Crippen LogP contribution in [0.5, 0.6) is 0 Å². The minimum Gasteiger partial charge on any atom is -0.399 e. The van der Waals surface area contributed by atoms with Gasteiger partial charge in [0.25, 0.3) is 5.91 Å². The van der Waals surface area contributed by atoms with Gasteiger partial charge in [-0.25, -0.2) is 4.98 Å². The van der Waals surface area contributed by atoms with Gasteiger partial charge in [0, 0.05) is 18.3 Å². The zero-order chi connectivity index (χ0) is 13.1. The first-order chi connectivity index (χ1) is 8.56. The molecular formula is C12H15N5O. The van der Waals surface area contributed by atoms with Crippen LogP contribution in [0.3, 0.4) is 0 Å². The number of nitrogens with two attached hydrogens (primary N) is 1. The molecular weight excluding hydrogens is 230 g/mol. The SMILES string of the molecule is Cc1nc(CN(C)C(=O)c2ccc(N)cc2)n[nH]1. The van der Waals surface area contributed by atoms with Crippen LogP contribution in [0.1, 0.15) is 22.0 Å². The summed E-state index contributed by atoms with van der Waals surface area (Å²) in [6, 6.07) is 6.82. The van der Waals surface area contributed by atoms with Gasteiger partial charge in [0.1, 0.15) is 5.82 Å². The molecule has 0 aliphatic rings. The van der Waals surface area contributed by atoms with Gasteiger partial charge in [0.05, 0.1) is 6.54 Å². The quantitative estimate of drug-likeness (QED) is 0.788. The third-order valence-electron chi connectivity index (χ3n) is 2.53. The molecule has 2 aromatic rings. The monoisotopic (exact) mass is 245 g/mol.